The summed E-state index contributed by atoms with van der Waals surface area (Å²) in [5.41, 5.74) is 1.45. The molecule has 3 heteroatoms. The molecule has 0 amide bonds. The zero-order chi connectivity index (χ0) is 12.6. The first-order chi connectivity index (χ1) is 7.98. The van der Waals surface area contributed by atoms with Crippen LogP contribution in [0.2, 0.25) is 0 Å². The number of nitrogens with zero attached hydrogens (tertiary/aromatic N) is 1. The van der Waals surface area contributed by atoms with E-state index in [2.05, 4.69) is 0 Å². The number of aromatic nitrogens is 1. The van der Waals surface area contributed by atoms with Crippen molar-refractivity contribution in [3.63, 3.8) is 0 Å². The van der Waals surface area contributed by atoms with Gasteiger partial charge < -0.3 is 9.30 Å². The Balaban J connectivity index is 2.63. The average Bonchev–Trinajstić information content (AvgIpc) is 2.67. The predicted molar refractivity (Wildman–Crippen MR) is 68.0 cm³/mol. The van der Waals surface area contributed by atoms with Crippen LogP contribution in [0.3, 0.4) is 0 Å². The highest BCUT2D eigenvalue weighted by Gasteiger charge is 2.33. The fraction of sp³-hybridized carbons (Fsp3) is 0.357. The van der Waals surface area contributed by atoms with Crippen LogP contribution in [0, 0.1) is 0 Å². The minimum atomic E-state index is -0.636. The van der Waals surface area contributed by atoms with E-state index < -0.39 is 5.41 Å². The van der Waals surface area contributed by atoms with Gasteiger partial charge in [-0.2, -0.15) is 0 Å². The van der Waals surface area contributed by atoms with Gasteiger partial charge in [0.25, 0.3) is 0 Å². The number of rotatable bonds is 2. The van der Waals surface area contributed by atoms with Gasteiger partial charge in [0.05, 0.1) is 7.11 Å². The van der Waals surface area contributed by atoms with Crippen molar-refractivity contribution in [1.29, 1.82) is 0 Å². The van der Waals surface area contributed by atoms with Gasteiger partial charge in [-0.15, -0.1) is 0 Å². The van der Waals surface area contributed by atoms with Crippen LogP contribution in [0.5, 0.6) is 0 Å². The predicted octanol–water partition coefficient (Wildman–Crippen LogP) is 2.63. The summed E-state index contributed by atoms with van der Waals surface area (Å²) in [6.45, 7) is 3.76. The van der Waals surface area contributed by atoms with Gasteiger partial charge in [0.2, 0.25) is 0 Å². The zero-order valence-corrected chi connectivity index (χ0v) is 10.7. The third kappa shape index (κ3) is 1.71. The van der Waals surface area contributed by atoms with Crippen molar-refractivity contribution in [2.24, 2.45) is 7.05 Å². The standard InChI is InChI=1S/C14H17NO2/c1-14(2,13(16)17-4)12-9-10-7-5-6-8-11(10)15(12)3/h5-9H,1-4H3. The Bertz CT molecular complexity index is 567. The van der Waals surface area contributed by atoms with Gasteiger partial charge in [0, 0.05) is 18.3 Å². The van der Waals surface area contributed by atoms with Crippen LogP contribution < -0.4 is 0 Å². The fourth-order valence-electron chi connectivity index (χ4n) is 2.25. The number of methoxy groups -OCH3 is 1. The van der Waals surface area contributed by atoms with E-state index in [-0.39, 0.29) is 5.97 Å². The van der Waals surface area contributed by atoms with Gasteiger partial charge in [-0.1, -0.05) is 18.2 Å². The van der Waals surface area contributed by atoms with Crippen LogP contribution in [-0.4, -0.2) is 17.6 Å². The van der Waals surface area contributed by atoms with E-state index in [1.807, 2.05) is 55.8 Å². The lowest BCUT2D eigenvalue weighted by Crippen LogP contribution is -2.32. The highest BCUT2D eigenvalue weighted by Crippen LogP contribution is 2.29. The molecule has 0 saturated heterocycles. The van der Waals surface area contributed by atoms with Crippen molar-refractivity contribution in [2.45, 2.75) is 19.3 Å². The summed E-state index contributed by atoms with van der Waals surface area (Å²) in [5.74, 6) is -0.219. The van der Waals surface area contributed by atoms with Crippen molar-refractivity contribution in [3.8, 4) is 0 Å². The zero-order valence-electron chi connectivity index (χ0n) is 10.7. The molecule has 1 aromatic carbocycles. The third-order valence-electron chi connectivity index (χ3n) is 3.29. The second-order valence-electron chi connectivity index (χ2n) is 4.76. The molecule has 1 aromatic heterocycles. The van der Waals surface area contributed by atoms with Crippen LogP contribution in [0.25, 0.3) is 10.9 Å². The average molecular weight is 231 g/mol. The number of ether oxygens (including phenoxy) is 1. The molecule has 0 N–H and O–H groups in total. The van der Waals surface area contributed by atoms with E-state index in [4.69, 9.17) is 4.74 Å². The molecule has 0 fully saturated rings. The minimum Gasteiger partial charge on any atom is -0.468 e. The first kappa shape index (κ1) is 11.7. The SMILES string of the molecule is COC(=O)C(C)(C)c1cc2ccccc2n1C. The summed E-state index contributed by atoms with van der Waals surface area (Å²) >= 11 is 0. The second kappa shape index (κ2) is 3.91. The topological polar surface area (TPSA) is 31.2 Å². The summed E-state index contributed by atoms with van der Waals surface area (Å²) in [5, 5.41) is 1.14. The van der Waals surface area contributed by atoms with E-state index in [9.17, 15) is 4.79 Å². The van der Waals surface area contributed by atoms with Gasteiger partial charge in [0.1, 0.15) is 5.41 Å². The molecule has 0 unspecified atom stereocenters. The van der Waals surface area contributed by atoms with E-state index in [1.54, 1.807) is 0 Å². The largest absolute Gasteiger partial charge is 0.468 e. The van der Waals surface area contributed by atoms with Crippen molar-refractivity contribution < 1.29 is 9.53 Å². The first-order valence-electron chi connectivity index (χ1n) is 5.62. The number of hydrogen-bond acceptors (Lipinski definition) is 2. The quantitative estimate of drug-likeness (QED) is 0.744. The third-order valence-corrected chi connectivity index (χ3v) is 3.29. The number of carbonyl (C=O) groups excluding carboxylic acids is 1. The lowest BCUT2D eigenvalue weighted by molar-refractivity contribution is -0.146. The maximum absolute atomic E-state index is 11.8. The van der Waals surface area contributed by atoms with Crippen molar-refractivity contribution in [1.82, 2.24) is 4.57 Å². The Morgan fingerprint density at radius 3 is 2.53 bits per heavy atom. The number of para-hydroxylation sites is 1. The van der Waals surface area contributed by atoms with Crippen molar-refractivity contribution >= 4 is 16.9 Å². The molecule has 0 saturated carbocycles. The minimum absolute atomic E-state index is 0.219. The number of aryl methyl sites for hydroxylation is 1. The molecule has 0 aliphatic heterocycles. The number of carbonyl (C=O) groups is 1. The van der Waals surface area contributed by atoms with Gasteiger partial charge >= 0.3 is 5.97 Å². The van der Waals surface area contributed by atoms with E-state index in [0.29, 0.717) is 0 Å². The number of fused-ring (bicyclic) bond motifs is 1. The Kier molecular flexibility index (Phi) is 2.69. The van der Waals surface area contributed by atoms with Gasteiger partial charge in [-0.05, 0) is 31.4 Å². The molecule has 2 aromatic rings. The first-order valence-corrected chi connectivity index (χ1v) is 5.62. The molecular weight excluding hydrogens is 214 g/mol. The Labute approximate surface area is 101 Å². The van der Waals surface area contributed by atoms with Crippen molar-refractivity contribution in [2.75, 3.05) is 7.11 Å². The summed E-state index contributed by atoms with van der Waals surface area (Å²) in [6, 6.07) is 10.1. The molecule has 0 atom stereocenters. The Morgan fingerprint density at radius 2 is 1.94 bits per heavy atom. The van der Waals surface area contributed by atoms with Crippen LogP contribution in [0.1, 0.15) is 19.5 Å². The normalized spacial score (nSPS) is 11.8. The van der Waals surface area contributed by atoms with Crippen molar-refractivity contribution in [3.05, 3.63) is 36.0 Å². The van der Waals surface area contributed by atoms with Gasteiger partial charge in [-0.3, -0.25) is 4.79 Å². The molecule has 17 heavy (non-hydrogen) atoms. The van der Waals surface area contributed by atoms with E-state index in [0.717, 1.165) is 16.6 Å². The molecule has 0 radical (unpaired) electrons. The smallest absolute Gasteiger partial charge is 0.317 e. The van der Waals surface area contributed by atoms with E-state index >= 15 is 0 Å². The molecule has 1 heterocycles. The lowest BCUT2D eigenvalue weighted by Gasteiger charge is -2.22. The molecule has 0 aliphatic carbocycles. The lowest BCUT2D eigenvalue weighted by atomic mass is 9.89. The summed E-state index contributed by atoms with van der Waals surface area (Å²) in [6.07, 6.45) is 0. The summed E-state index contributed by atoms with van der Waals surface area (Å²) in [7, 11) is 3.40. The van der Waals surface area contributed by atoms with Crippen LogP contribution in [0.4, 0.5) is 0 Å². The Morgan fingerprint density at radius 1 is 1.29 bits per heavy atom. The molecule has 0 aliphatic rings. The van der Waals surface area contributed by atoms with Crippen LogP contribution >= 0.6 is 0 Å². The monoisotopic (exact) mass is 231 g/mol. The summed E-state index contributed by atoms with van der Waals surface area (Å²) < 4.78 is 6.92. The van der Waals surface area contributed by atoms with Crippen LogP contribution in [-0.2, 0) is 22.0 Å². The molecule has 0 bridgehead atoms. The highest BCUT2D eigenvalue weighted by atomic mass is 16.5. The maximum atomic E-state index is 11.8. The summed E-state index contributed by atoms with van der Waals surface area (Å²) in [4.78, 5) is 11.8. The fourth-order valence-corrected chi connectivity index (χ4v) is 2.25. The number of benzene rings is 1. The second-order valence-corrected chi connectivity index (χ2v) is 4.76. The molecular formula is C14H17NO2. The van der Waals surface area contributed by atoms with Gasteiger partial charge in [-0.25, -0.2) is 0 Å². The molecule has 0 spiro atoms. The molecule has 3 nitrogen and oxygen atoms in total. The number of hydrogen-bond donors (Lipinski definition) is 0. The number of esters is 1. The highest BCUT2D eigenvalue weighted by molar-refractivity contribution is 5.87. The maximum Gasteiger partial charge on any atom is 0.317 e. The molecule has 2 rings (SSSR count). The van der Waals surface area contributed by atoms with Gasteiger partial charge in [0.15, 0.2) is 0 Å². The van der Waals surface area contributed by atoms with E-state index in [1.165, 1.54) is 7.11 Å². The van der Waals surface area contributed by atoms with Crippen LogP contribution in [0.15, 0.2) is 30.3 Å². The molecule has 90 valence electrons. The Hall–Kier alpha value is -1.77.